The van der Waals surface area contributed by atoms with Crippen LogP contribution in [0.25, 0.3) is 17.2 Å². The number of hydrogen-bond donors (Lipinski definition) is 2. The molecule has 1 aliphatic carbocycles. The van der Waals surface area contributed by atoms with Crippen LogP contribution in [0.3, 0.4) is 0 Å². The maximum Gasteiger partial charge on any atom is 0.492 e. The number of fused-ring (bicyclic) bond motifs is 3. The van der Waals surface area contributed by atoms with Crippen LogP contribution in [0, 0.1) is 0 Å². The first-order chi connectivity index (χ1) is 18.2. The maximum atomic E-state index is 12.8. The Balaban J connectivity index is 1.29. The van der Waals surface area contributed by atoms with Crippen LogP contribution in [0.2, 0.25) is 0 Å². The normalized spacial score (nSPS) is 17.7. The smallest absolute Gasteiger partial charge is 0.449 e. The second-order valence-corrected chi connectivity index (χ2v) is 10.7. The fourth-order valence-corrected chi connectivity index (χ4v) is 4.83. The summed E-state index contributed by atoms with van der Waals surface area (Å²) in [6.07, 6.45) is 2.94. The first-order valence-electron chi connectivity index (χ1n) is 12.9. The molecule has 1 saturated heterocycles. The molecule has 0 radical (unpaired) electrons. The fraction of sp³-hybridized carbons (Fsp3) is 0.333. The number of carbonyl (C=O) groups excluding carboxylic acids is 1. The summed E-state index contributed by atoms with van der Waals surface area (Å²) in [6.45, 7) is 8.26. The number of aliphatic hydroxyl groups is 1. The molecule has 196 valence electrons. The van der Waals surface area contributed by atoms with E-state index in [2.05, 4.69) is 34.6 Å². The van der Waals surface area contributed by atoms with Gasteiger partial charge in [0.25, 0.3) is 0 Å². The Morgan fingerprint density at radius 2 is 1.61 bits per heavy atom. The average molecular weight is 512 g/mol. The van der Waals surface area contributed by atoms with Gasteiger partial charge in [-0.25, -0.2) is 4.79 Å². The zero-order valence-electron chi connectivity index (χ0n) is 22.2. The van der Waals surface area contributed by atoms with E-state index in [0.717, 1.165) is 16.7 Å². The van der Waals surface area contributed by atoms with Gasteiger partial charge in [-0.3, -0.25) is 4.98 Å². The quantitative estimate of drug-likeness (QED) is 0.427. The third-order valence-corrected chi connectivity index (χ3v) is 7.70. The molecule has 0 bridgehead atoms. The predicted octanol–water partition coefficient (Wildman–Crippen LogP) is 5.13. The molecular weight excluding hydrogens is 479 g/mol. The number of rotatable bonds is 7. The van der Waals surface area contributed by atoms with Crippen LogP contribution in [-0.2, 0) is 20.7 Å². The van der Waals surface area contributed by atoms with Crippen LogP contribution in [0.1, 0.15) is 56.0 Å². The number of benzene rings is 2. The Morgan fingerprint density at radius 3 is 2.16 bits per heavy atom. The molecule has 1 aliphatic heterocycles. The number of alkyl carbamates (subject to hydrolysis) is 1. The van der Waals surface area contributed by atoms with Gasteiger partial charge in [-0.2, -0.15) is 0 Å². The van der Waals surface area contributed by atoms with Gasteiger partial charge in [0.2, 0.25) is 0 Å². The zero-order valence-corrected chi connectivity index (χ0v) is 22.2. The summed E-state index contributed by atoms with van der Waals surface area (Å²) >= 11 is 0. The van der Waals surface area contributed by atoms with Crippen molar-refractivity contribution in [1.29, 1.82) is 0 Å². The van der Waals surface area contributed by atoms with Gasteiger partial charge in [-0.15, -0.1) is 0 Å². The molecule has 1 fully saturated rings. The topological polar surface area (TPSA) is 89.9 Å². The van der Waals surface area contributed by atoms with Gasteiger partial charge in [0.05, 0.1) is 23.5 Å². The third kappa shape index (κ3) is 5.12. The van der Waals surface area contributed by atoms with Crippen LogP contribution in [0.5, 0.6) is 0 Å². The number of aromatic nitrogens is 1. The predicted molar refractivity (Wildman–Crippen MR) is 147 cm³/mol. The van der Waals surface area contributed by atoms with Crippen molar-refractivity contribution in [3.05, 3.63) is 94.7 Å². The highest BCUT2D eigenvalue weighted by atomic mass is 16.7. The Kier molecular flexibility index (Phi) is 7.14. The van der Waals surface area contributed by atoms with E-state index >= 15 is 0 Å². The van der Waals surface area contributed by atoms with Crippen LogP contribution >= 0.6 is 0 Å². The number of nitrogens with zero attached hydrogens (tertiary/aromatic N) is 1. The maximum absolute atomic E-state index is 12.8. The van der Waals surface area contributed by atoms with Gasteiger partial charge >= 0.3 is 13.2 Å². The van der Waals surface area contributed by atoms with E-state index < -0.39 is 24.4 Å². The number of nitrogens with one attached hydrogen (secondary N) is 1. The molecule has 2 aromatic carbocycles. The van der Waals surface area contributed by atoms with Gasteiger partial charge in [0, 0.05) is 18.7 Å². The number of hydrogen-bond acceptors (Lipinski definition) is 6. The SMILES string of the molecule is CC1(C)OB(C(=Cc2ccc(CO)cn2)CNC(=O)OCC2c3ccccc3-c3ccccc32)OC1(C)C. The van der Waals surface area contributed by atoms with E-state index in [9.17, 15) is 9.90 Å². The first kappa shape index (κ1) is 26.2. The Bertz CT molecular complexity index is 1290. The van der Waals surface area contributed by atoms with Crippen molar-refractivity contribution in [3.8, 4) is 11.1 Å². The molecule has 0 unspecified atom stereocenters. The molecule has 2 aliphatic rings. The van der Waals surface area contributed by atoms with Gasteiger partial charge in [-0.1, -0.05) is 54.6 Å². The average Bonchev–Trinajstić information content (AvgIpc) is 3.34. The van der Waals surface area contributed by atoms with Crippen molar-refractivity contribution in [3.63, 3.8) is 0 Å². The molecule has 3 aromatic rings. The minimum atomic E-state index is -0.659. The summed E-state index contributed by atoms with van der Waals surface area (Å²) in [5, 5.41) is 12.2. The number of aliphatic hydroxyl groups excluding tert-OH is 1. The first-order valence-corrected chi connectivity index (χ1v) is 12.9. The molecule has 5 rings (SSSR count). The molecule has 1 aromatic heterocycles. The van der Waals surface area contributed by atoms with Crippen molar-refractivity contribution < 1.29 is 23.9 Å². The highest BCUT2D eigenvalue weighted by molar-refractivity contribution is 6.56. The van der Waals surface area contributed by atoms with Crippen molar-refractivity contribution in [1.82, 2.24) is 10.3 Å². The highest BCUT2D eigenvalue weighted by Crippen LogP contribution is 2.44. The molecule has 0 saturated carbocycles. The van der Waals surface area contributed by atoms with Gasteiger partial charge in [0.15, 0.2) is 0 Å². The second-order valence-electron chi connectivity index (χ2n) is 10.7. The van der Waals surface area contributed by atoms with Crippen LogP contribution < -0.4 is 5.32 Å². The summed E-state index contributed by atoms with van der Waals surface area (Å²) in [4.78, 5) is 17.2. The minimum Gasteiger partial charge on any atom is -0.449 e. The molecule has 38 heavy (non-hydrogen) atoms. The van der Waals surface area contributed by atoms with E-state index in [1.807, 2.05) is 64.1 Å². The lowest BCUT2D eigenvalue weighted by Crippen LogP contribution is -2.41. The summed E-state index contributed by atoms with van der Waals surface area (Å²) in [5.74, 6) is -0.0134. The van der Waals surface area contributed by atoms with E-state index in [4.69, 9.17) is 14.0 Å². The lowest BCUT2D eigenvalue weighted by molar-refractivity contribution is 0.00578. The van der Waals surface area contributed by atoms with E-state index in [1.54, 1.807) is 12.3 Å². The van der Waals surface area contributed by atoms with Crippen molar-refractivity contribution in [2.75, 3.05) is 13.2 Å². The zero-order chi connectivity index (χ0) is 26.9. The fourth-order valence-electron chi connectivity index (χ4n) is 4.83. The molecule has 2 heterocycles. The Hall–Kier alpha value is -3.46. The van der Waals surface area contributed by atoms with E-state index in [1.165, 1.54) is 11.1 Å². The summed E-state index contributed by atoms with van der Waals surface area (Å²) < 4.78 is 18.2. The standard InChI is InChI=1S/C30H33BN2O5/c1-29(2)30(3,4)38-31(37-29)21(15-22-14-13-20(18-34)16-32-22)17-33-28(35)36-19-27-25-11-7-5-9-23(25)24-10-6-8-12-26(24)27/h5-16,27,34H,17-19H2,1-4H3,(H,33,35). The van der Waals surface area contributed by atoms with Gasteiger partial charge < -0.3 is 24.5 Å². The molecule has 0 spiro atoms. The van der Waals surface area contributed by atoms with Crippen molar-refractivity contribution in [2.24, 2.45) is 0 Å². The summed E-state index contributed by atoms with van der Waals surface area (Å²) in [6, 6.07) is 20.1. The highest BCUT2D eigenvalue weighted by Gasteiger charge is 2.52. The molecule has 0 atom stereocenters. The van der Waals surface area contributed by atoms with Crippen LogP contribution in [0.15, 0.2) is 72.3 Å². The monoisotopic (exact) mass is 512 g/mol. The van der Waals surface area contributed by atoms with Gasteiger partial charge in [-0.05, 0) is 73.1 Å². The van der Waals surface area contributed by atoms with E-state index in [-0.39, 0.29) is 25.7 Å². The van der Waals surface area contributed by atoms with Crippen molar-refractivity contribution in [2.45, 2.75) is 51.4 Å². The molecule has 2 N–H and O–H groups in total. The van der Waals surface area contributed by atoms with E-state index in [0.29, 0.717) is 11.2 Å². The molecule has 7 nitrogen and oxygen atoms in total. The molecule has 1 amide bonds. The number of ether oxygens (including phenoxy) is 1. The Morgan fingerprint density at radius 1 is 1.00 bits per heavy atom. The summed E-state index contributed by atoms with van der Waals surface area (Å²) in [5.41, 5.74) is 5.72. The minimum absolute atomic E-state index is 0.0134. The number of carbonyl (C=O) groups is 1. The third-order valence-electron chi connectivity index (χ3n) is 7.70. The summed E-state index contributed by atoms with van der Waals surface area (Å²) in [7, 11) is -0.659. The lowest BCUT2D eigenvalue weighted by Gasteiger charge is -2.32. The van der Waals surface area contributed by atoms with Crippen LogP contribution in [-0.4, -0.2) is 47.7 Å². The van der Waals surface area contributed by atoms with Crippen LogP contribution in [0.4, 0.5) is 4.79 Å². The lowest BCUT2D eigenvalue weighted by atomic mass is 9.77. The van der Waals surface area contributed by atoms with Crippen molar-refractivity contribution >= 4 is 19.3 Å². The Labute approximate surface area is 224 Å². The second kappa shape index (κ2) is 10.4. The molecule has 8 heteroatoms. The largest absolute Gasteiger partial charge is 0.492 e. The molecular formula is C30H33BN2O5. The van der Waals surface area contributed by atoms with Gasteiger partial charge in [0.1, 0.15) is 6.61 Å². The number of amides is 1. The number of pyridine rings is 1.